The van der Waals surface area contributed by atoms with Crippen molar-refractivity contribution in [2.75, 3.05) is 27.3 Å². The molecule has 0 aromatic heterocycles. The molecule has 2 aromatic rings. The van der Waals surface area contributed by atoms with Gasteiger partial charge in [0.2, 0.25) is 0 Å². The van der Waals surface area contributed by atoms with Crippen LogP contribution in [0.15, 0.2) is 36.4 Å². The van der Waals surface area contributed by atoms with Crippen molar-refractivity contribution in [2.24, 2.45) is 0 Å². The summed E-state index contributed by atoms with van der Waals surface area (Å²) in [6.07, 6.45) is 0. The smallest absolute Gasteiger partial charge is 0.179 e. The number of ether oxygens (including phenoxy) is 2. The van der Waals surface area contributed by atoms with Gasteiger partial charge in [0, 0.05) is 19.6 Å². The molecule has 0 spiro atoms. The van der Waals surface area contributed by atoms with E-state index in [1.165, 1.54) is 11.1 Å². The van der Waals surface area contributed by atoms with Crippen LogP contribution in [0, 0.1) is 0 Å². The second-order valence-electron chi connectivity index (χ2n) is 6.16. The van der Waals surface area contributed by atoms with Crippen molar-refractivity contribution in [3.05, 3.63) is 58.1 Å². The number of halogens is 1. The van der Waals surface area contributed by atoms with Crippen molar-refractivity contribution in [1.82, 2.24) is 10.2 Å². The fourth-order valence-corrected chi connectivity index (χ4v) is 3.18. The van der Waals surface area contributed by atoms with Crippen LogP contribution in [0.3, 0.4) is 0 Å². The molecular formula is C21H29ClN2O2. The Balaban J connectivity index is 1.92. The molecule has 0 amide bonds. The molecule has 1 N–H and O–H groups in total. The monoisotopic (exact) mass is 376 g/mol. The molecule has 0 aliphatic heterocycles. The van der Waals surface area contributed by atoms with Crippen LogP contribution in [0.5, 0.6) is 11.5 Å². The summed E-state index contributed by atoms with van der Waals surface area (Å²) in [7, 11) is 3.21. The van der Waals surface area contributed by atoms with Crippen LogP contribution >= 0.6 is 11.6 Å². The van der Waals surface area contributed by atoms with E-state index in [1.54, 1.807) is 14.2 Å². The van der Waals surface area contributed by atoms with Gasteiger partial charge < -0.3 is 14.8 Å². The number of nitrogens with one attached hydrogen (secondary N) is 1. The van der Waals surface area contributed by atoms with Gasteiger partial charge in [0.1, 0.15) is 0 Å². The Kier molecular flexibility index (Phi) is 8.23. The number of methoxy groups -OCH3 is 2. The molecule has 0 radical (unpaired) electrons. The zero-order valence-electron chi connectivity index (χ0n) is 16.1. The molecule has 2 aromatic carbocycles. The van der Waals surface area contributed by atoms with Gasteiger partial charge in [0.25, 0.3) is 0 Å². The minimum Gasteiger partial charge on any atom is -0.493 e. The fraction of sp³-hybridized carbons (Fsp3) is 0.429. The van der Waals surface area contributed by atoms with Crippen LogP contribution in [-0.2, 0) is 19.6 Å². The lowest BCUT2D eigenvalue weighted by atomic mass is 10.1. The molecule has 142 valence electrons. The maximum atomic E-state index is 6.42. The number of hydrogen-bond donors (Lipinski definition) is 1. The summed E-state index contributed by atoms with van der Waals surface area (Å²) in [6, 6.07) is 12.6. The quantitative estimate of drug-likeness (QED) is 0.662. The van der Waals surface area contributed by atoms with Crippen molar-refractivity contribution < 1.29 is 9.47 Å². The molecule has 0 fully saturated rings. The minimum absolute atomic E-state index is 0.578. The minimum atomic E-state index is 0.578. The third-order valence-electron chi connectivity index (χ3n) is 4.53. The normalized spacial score (nSPS) is 11.0. The highest BCUT2D eigenvalue weighted by molar-refractivity contribution is 6.33. The van der Waals surface area contributed by atoms with Gasteiger partial charge in [-0.1, -0.05) is 55.8 Å². The van der Waals surface area contributed by atoms with Crippen LogP contribution in [0.4, 0.5) is 0 Å². The Morgan fingerprint density at radius 1 is 0.885 bits per heavy atom. The van der Waals surface area contributed by atoms with Gasteiger partial charge in [-0.3, -0.25) is 4.90 Å². The SMILES string of the molecule is CCN(CC)Cc1ccc(CNCc2ccc(OC)c(OC)c2Cl)cc1. The Hall–Kier alpha value is -1.75. The number of hydrogen-bond acceptors (Lipinski definition) is 4. The second-order valence-corrected chi connectivity index (χ2v) is 6.53. The molecule has 0 heterocycles. The van der Waals surface area contributed by atoms with E-state index in [-0.39, 0.29) is 0 Å². The van der Waals surface area contributed by atoms with Crippen molar-refractivity contribution >= 4 is 11.6 Å². The average Bonchev–Trinajstić information content (AvgIpc) is 2.68. The van der Waals surface area contributed by atoms with Gasteiger partial charge in [0.05, 0.1) is 19.2 Å². The molecule has 0 unspecified atom stereocenters. The predicted octanol–water partition coefficient (Wildman–Crippen LogP) is 4.49. The van der Waals surface area contributed by atoms with E-state index in [9.17, 15) is 0 Å². The fourth-order valence-electron chi connectivity index (χ4n) is 2.88. The third-order valence-corrected chi connectivity index (χ3v) is 4.95. The first-order chi connectivity index (χ1) is 12.6. The highest BCUT2D eigenvalue weighted by Gasteiger charge is 2.12. The molecule has 5 heteroatoms. The van der Waals surface area contributed by atoms with Gasteiger partial charge in [0.15, 0.2) is 11.5 Å². The average molecular weight is 377 g/mol. The molecule has 4 nitrogen and oxygen atoms in total. The largest absolute Gasteiger partial charge is 0.493 e. The summed E-state index contributed by atoms with van der Waals surface area (Å²) < 4.78 is 10.6. The van der Waals surface area contributed by atoms with Gasteiger partial charge >= 0.3 is 0 Å². The van der Waals surface area contributed by atoms with E-state index in [2.05, 4.69) is 48.3 Å². The lowest BCUT2D eigenvalue weighted by molar-refractivity contribution is 0.296. The van der Waals surface area contributed by atoms with Crippen molar-refractivity contribution in [3.8, 4) is 11.5 Å². The molecule has 2 rings (SSSR count). The zero-order chi connectivity index (χ0) is 18.9. The van der Waals surface area contributed by atoms with Gasteiger partial charge in [-0.05, 0) is 35.8 Å². The van der Waals surface area contributed by atoms with E-state index in [1.807, 2.05) is 12.1 Å². The van der Waals surface area contributed by atoms with E-state index in [4.69, 9.17) is 21.1 Å². The van der Waals surface area contributed by atoms with Gasteiger partial charge in [-0.2, -0.15) is 0 Å². The van der Waals surface area contributed by atoms with Crippen molar-refractivity contribution in [2.45, 2.75) is 33.5 Å². The first-order valence-corrected chi connectivity index (χ1v) is 9.40. The van der Waals surface area contributed by atoms with E-state index in [0.717, 1.165) is 31.7 Å². The van der Waals surface area contributed by atoms with Crippen molar-refractivity contribution in [1.29, 1.82) is 0 Å². The second kappa shape index (κ2) is 10.4. The summed E-state index contributed by atoms with van der Waals surface area (Å²) in [5.41, 5.74) is 3.59. The molecule has 0 saturated carbocycles. The third kappa shape index (κ3) is 5.37. The molecular weight excluding hydrogens is 348 g/mol. The van der Waals surface area contributed by atoms with Crippen LogP contribution < -0.4 is 14.8 Å². The Labute approximate surface area is 162 Å². The Morgan fingerprint density at radius 3 is 2.12 bits per heavy atom. The summed E-state index contributed by atoms with van der Waals surface area (Å²) in [4.78, 5) is 2.41. The topological polar surface area (TPSA) is 33.7 Å². The summed E-state index contributed by atoms with van der Waals surface area (Å²) in [6.45, 7) is 9.00. The number of nitrogens with zero attached hydrogens (tertiary/aromatic N) is 1. The van der Waals surface area contributed by atoms with Crippen LogP contribution in [0.2, 0.25) is 5.02 Å². The van der Waals surface area contributed by atoms with E-state index >= 15 is 0 Å². The summed E-state index contributed by atoms with van der Waals surface area (Å²) in [5, 5.41) is 4.03. The molecule has 26 heavy (non-hydrogen) atoms. The van der Waals surface area contributed by atoms with Crippen LogP contribution in [-0.4, -0.2) is 32.2 Å². The molecule has 0 bridgehead atoms. The van der Waals surface area contributed by atoms with E-state index in [0.29, 0.717) is 23.1 Å². The standard InChI is InChI=1S/C21H29ClN2O2/c1-5-24(6-2)15-17-9-7-16(8-10-17)13-23-14-18-11-12-19(25-3)21(26-4)20(18)22/h7-12,23H,5-6,13-15H2,1-4H3. The Bertz CT molecular complexity index is 685. The number of rotatable bonds is 10. The number of benzene rings is 2. The highest BCUT2D eigenvalue weighted by Crippen LogP contribution is 2.37. The van der Waals surface area contributed by atoms with Gasteiger partial charge in [-0.15, -0.1) is 0 Å². The maximum absolute atomic E-state index is 6.42. The molecule has 0 saturated heterocycles. The maximum Gasteiger partial charge on any atom is 0.179 e. The first-order valence-electron chi connectivity index (χ1n) is 9.03. The lowest BCUT2D eigenvalue weighted by Gasteiger charge is -2.18. The lowest BCUT2D eigenvalue weighted by Crippen LogP contribution is -2.22. The Morgan fingerprint density at radius 2 is 1.54 bits per heavy atom. The summed E-state index contributed by atoms with van der Waals surface area (Å²) in [5.74, 6) is 1.22. The van der Waals surface area contributed by atoms with Crippen LogP contribution in [0.1, 0.15) is 30.5 Å². The predicted molar refractivity (Wildman–Crippen MR) is 108 cm³/mol. The first kappa shape index (κ1) is 20.6. The molecule has 0 atom stereocenters. The molecule has 0 aliphatic carbocycles. The van der Waals surface area contributed by atoms with Crippen LogP contribution in [0.25, 0.3) is 0 Å². The van der Waals surface area contributed by atoms with Gasteiger partial charge in [-0.25, -0.2) is 0 Å². The molecule has 0 aliphatic rings. The highest BCUT2D eigenvalue weighted by atomic mass is 35.5. The summed E-state index contributed by atoms with van der Waals surface area (Å²) >= 11 is 6.42. The van der Waals surface area contributed by atoms with E-state index < -0.39 is 0 Å². The van der Waals surface area contributed by atoms with Crippen molar-refractivity contribution in [3.63, 3.8) is 0 Å². The zero-order valence-corrected chi connectivity index (χ0v) is 16.9.